The van der Waals surface area contributed by atoms with E-state index in [-0.39, 0.29) is 12.7 Å². The summed E-state index contributed by atoms with van der Waals surface area (Å²) in [5, 5.41) is 11.6. The molecule has 2 aromatic carbocycles. The summed E-state index contributed by atoms with van der Waals surface area (Å²) < 4.78 is 10.5. The second kappa shape index (κ2) is 7.07. The van der Waals surface area contributed by atoms with Crippen molar-refractivity contribution in [2.24, 2.45) is 0 Å². The highest BCUT2D eigenvalue weighted by Gasteiger charge is 2.14. The van der Waals surface area contributed by atoms with Gasteiger partial charge in [0.05, 0.1) is 17.4 Å². The average molecular weight is 326 g/mol. The summed E-state index contributed by atoms with van der Waals surface area (Å²) in [7, 11) is 0. The van der Waals surface area contributed by atoms with Crippen LogP contribution in [-0.2, 0) is 10.5 Å². The van der Waals surface area contributed by atoms with Gasteiger partial charge in [0.2, 0.25) is 12.7 Å². The SMILES string of the molecule is N#Cc1ccc(CSCC(=O)Nc2ccc3c(c2)OCO3)cc1. The minimum atomic E-state index is -0.0671. The molecule has 2 aromatic rings. The molecule has 3 rings (SSSR count). The van der Waals surface area contributed by atoms with Crippen molar-refractivity contribution < 1.29 is 14.3 Å². The number of amides is 1. The summed E-state index contributed by atoms with van der Waals surface area (Å²) in [5.41, 5.74) is 2.42. The highest BCUT2D eigenvalue weighted by Crippen LogP contribution is 2.34. The number of nitrogens with one attached hydrogen (secondary N) is 1. The second-order valence-corrected chi connectivity index (χ2v) is 5.90. The quantitative estimate of drug-likeness (QED) is 0.914. The molecule has 1 aliphatic heterocycles. The topological polar surface area (TPSA) is 71.4 Å². The lowest BCUT2D eigenvalue weighted by molar-refractivity contribution is -0.113. The molecule has 0 aliphatic carbocycles. The number of thioether (sulfide) groups is 1. The van der Waals surface area contributed by atoms with Gasteiger partial charge in [-0.05, 0) is 29.8 Å². The summed E-state index contributed by atoms with van der Waals surface area (Å²) in [6.45, 7) is 0.215. The summed E-state index contributed by atoms with van der Waals surface area (Å²) in [6, 6.07) is 14.8. The number of rotatable bonds is 5. The van der Waals surface area contributed by atoms with Crippen LogP contribution in [0.2, 0.25) is 0 Å². The lowest BCUT2D eigenvalue weighted by Crippen LogP contribution is -2.14. The Hall–Kier alpha value is -2.65. The third-order valence-corrected chi connectivity index (χ3v) is 4.25. The van der Waals surface area contributed by atoms with Gasteiger partial charge in [-0.2, -0.15) is 5.26 Å². The molecule has 1 amide bonds. The molecular weight excluding hydrogens is 312 g/mol. The number of hydrogen-bond acceptors (Lipinski definition) is 5. The Labute approximate surface area is 138 Å². The zero-order chi connectivity index (χ0) is 16.1. The van der Waals surface area contributed by atoms with Crippen LogP contribution in [-0.4, -0.2) is 18.5 Å². The molecule has 5 nitrogen and oxygen atoms in total. The van der Waals surface area contributed by atoms with Gasteiger partial charge in [-0.3, -0.25) is 4.79 Å². The number of benzene rings is 2. The monoisotopic (exact) mass is 326 g/mol. The standard InChI is InChI=1S/C17H14N2O3S/c18-8-12-1-3-13(4-2-12)9-23-10-17(20)19-14-5-6-15-16(7-14)22-11-21-15/h1-7H,9-11H2,(H,19,20). The van der Waals surface area contributed by atoms with E-state index in [2.05, 4.69) is 11.4 Å². The Kier molecular flexibility index (Phi) is 4.69. The average Bonchev–Trinajstić information content (AvgIpc) is 3.03. The first-order valence-electron chi connectivity index (χ1n) is 7.01. The first-order chi connectivity index (χ1) is 11.2. The molecule has 0 saturated carbocycles. The van der Waals surface area contributed by atoms with E-state index >= 15 is 0 Å². The molecule has 0 aromatic heterocycles. The fraction of sp³-hybridized carbons (Fsp3) is 0.176. The van der Waals surface area contributed by atoms with Crippen molar-refractivity contribution in [2.75, 3.05) is 17.9 Å². The minimum absolute atomic E-state index is 0.0671. The van der Waals surface area contributed by atoms with Gasteiger partial charge < -0.3 is 14.8 Å². The molecule has 23 heavy (non-hydrogen) atoms. The van der Waals surface area contributed by atoms with E-state index in [9.17, 15) is 4.79 Å². The molecule has 0 radical (unpaired) electrons. The van der Waals surface area contributed by atoms with E-state index < -0.39 is 0 Å². The summed E-state index contributed by atoms with van der Waals surface area (Å²) in [6.07, 6.45) is 0. The van der Waals surface area contributed by atoms with Crippen LogP contribution in [0.15, 0.2) is 42.5 Å². The molecule has 0 atom stereocenters. The lowest BCUT2D eigenvalue weighted by Gasteiger charge is -2.06. The number of nitrogens with zero attached hydrogens (tertiary/aromatic N) is 1. The van der Waals surface area contributed by atoms with Crippen LogP contribution >= 0.6 is 11.8 Å². The maximum atomic E-state index is 12.0. The Morgan fingerprint density at radius 2 is 1.96 bits per heavy atom. The Morgan fingerprint density at radius 3 is 2.74 bits per heavy atom. The van der Waals surface area contributed by atoms with E-state index in [0.717, 1.165) is 11.3 Å². The van der Waals surface area contributed by atoms with Gasteiger partial charge in [0.1, 0.15) is 0 Å². The predicted octanol–water partition coefficient (Wildman–Crippen LogP) is 3.16. The van der Waals surface area contributed by atoms with Crippen LogP contribution in [0.4, 0.5) is 5.69 Å². The fourth-order valence-electron chi connectivity index (χ4n) is 2.11. The number of anilines is 1. The van der Waals surface area contributed by atoms with E-state index in [4.69, 9.17) is 14.7 Å². The van der Waals surface area contributed by atoms with Crippen LogP contribution in [0, 0.1) is 11.3 Å². The van der Waals surface area contributed by atoms with Crippen LogP contribution < -0.4 is 14.8 Å². The van der Waals surface area contributed by atoms with Gasteiger partial charge in [-0.25, -0.2) is 0 Å². The molecule has 0 fully saturated rings. The molecule has 0 unspecified atom stereocenters. The van der Waals surface area contributed by atoms with Crippen molar-refractivity contribution in [3.63, 3.8) is 0 Å². The zero-order valence-electron chi connectivity index (χ0n) is 12.2. The van der Waals surface area contributed by atoms with E-state index in [1.807, 2.05) is 12.1 Å². The molecule has 116 valence electrons. The highest BCUT2D eigenvalue weighted by molar-refractivity contribution is 7.99. The number of nitriles is 1. The molecule has 1 N–H and O–H groups in total. The minimum Gasteiger partial charge on any atom is -0.454 e. The molecule has 1 heterocycles. The predicted molar refractivity (Wildman–Crippen MR) is 88.5 cm³/mol. The smallest absolute Gasteiger partial charge is 0.234 e. The third kappa shape index (κ3) is 3.96. The number of fused-ring (bicyclic) bond motifs is 1. The molecule has 6 heteroatoms. The molecule has 0 spiro atoms. The van der Waals surface area contributed by atoms with Crippen molar-refractivity contribution in [1.82, 2.24) is 0 Å². The van der Waals surface area contributed by atoms with Gasteiger partial charge in [0.25, 0.3) is 0 Å². The third-order valence-electron chi connectivity index (χ3n) is 3.24. The summed E-state index contributed by atoms with van der Waals surface area (Å²) in [5.74, 6) is 2.35. The van der Waals surface area contributed by atoms with Gasteiger partial charge >= 0.3 is 0 Å². The van der Waals surface area contributed by atoms with E-state index in [0.29, 0.717) is 28.5 Å². The zero-order valence-corrected chi connectivity index (χ0v) is 13.1. The van der Waals surface area contributed by atoms with Crippen molar-refractivity contribution in [3.8, 4) is 17.6 Å². The number of ether oxygens (including phenoxy) is 2. The van der Waals surface area contributed by atoms with Gasteiger partial charge in [0.15, 0.2) is 11.5 Å². The van der Waals surface area contributed by atoms with Crippen molar-refractivity contribution in [1.29, 1.82) is 5.26 Å². The molecular formula is C17H14N2O3S. The first kappa shape index (κ1) is 15.3. The molecule has 0 saturated heterocycles. The number of hydrogen-bond donors (Lipinski definition) is 1. The van der Waals surface area contributed by atoms with Crippen molar-refractivity contribution in [2.45, 2.75) is 5.75 Å². The van der Waals surface area contributed by atoms with Crippen LogP contribution in [0.3, 0.4) is 0 Å². The largest absolute Gasteiger partial charge is 0.454 e. The van der Waals surface area contributed by atoms with E-state index in [1.54, 1.807) is 30.3 Å². The Balaban J connectivity index is 1.47. The normalized spacial score (nSPS) is 11.8. The van der Waals surface area contributed by atoms with Gasteiger partial charge in [-0.15, -0.1) is 11.8 Å². The highest BCUT2D eigenvalue weighted by atomic mass is 32.2. The van der Waals surface area contributed by atoms with Gasteiger partial charge in [-0.1, -0.05) is 12.1 Å². The van der Waals surface area contributed by atoms with Crippen molar-refractivity contribution in [3.05, 3.63) is 53.6 Å². The van der Waals surface area contributed by atoms with E-state index in [1.165, 1.54) is 11.8 Å². The first-order valence-corrected chi connectivity index (χ1v) is 8.16. The Morgan fingerprint density at radius 1 is 1.17 bits per heavy atom. The van der Waals surface area contributed by atoms with Crippen LogP contribution in [0.25, 0.3) is 0 Å². The number of carbonyl (C=O) groups excluding carboxylic acids is 1. The molecule has 0 bridgehead atoms. The fourth-order valence-corrected chi connectivity index (χ4v) is 2.90. The summed E-state index contributed by atoms with van der Waals surface area (Å²) in [4.78, 5) is 12.0. The second-order valence-electron chi connectivity index (χ2n) is 4.92. The van der Waals surface area contributed by atoms with Crippen molar-refractivity contribution >= 4 is 23.4 Å². The Bertz CT molecular complexity index is 753. The van der Waals surface area contributed by atoms with Crippen LogP contribution in [0.5, 0.6) is 11.5 Å². The summed E-state index contributed by atoms with van der Waals surface area (Å²) >= 11 is 1.52. The maximum Gasteiger partial charge on any atom is 0.234 e. The maximum absolute atomic E-state index is 12.0. The lowest BCUT2D eigenvalue weighted by atomic mass is 10.2. The molecule has 1 aliphatic rings. The van der Waals surface area contributed by atoms with Crippen LogP contribution in [0.1, 0.15) is 11.1 Å². The van der Waals surface area contributed by atoms with Gasteiger partial charge in [0, 0.05) is 17.5 Å². The number of carbonyl (C=O) groups is 1.